The van der Waals surface area contributed by atoms with Crippen molar-refractivity contribution in [1.82, 2.24) is 9.80 Å². The molecule has 2 heterocycles. The summed E-state index contributed by atoms with van der Waals surface area (Å²) < 4.78 is 5.88. The minimum Gasteiger partial charge on any atom is -0.373 e. The van der Waals surface area contributed by atoms with Crippen LogP contribution >= 0.6 is 11.8 Å². The molecule has 0 unspecified atom stereocenters. The first-order valence-corrected chi connectivity index (χ1v) is 8.64. The van der Waals surface area contributed by atoms with E-state index in [9.17, 15) is 4.79 Å². The number of hydrogen-bond acceptors (Lipinski definition) is 4. The van der Waals surface area contributed by atoms with Gasteiger partial charge >= 0.3 is 0 Å². The summed E-state index contributed by atoms with van der Waals surface area (Å²) in [5.74, 6) is 2.84. The molecule has 2 saturated heterocycles. The highest BCUT2D eigenvalue weighted by Crippen LogP contribution is 2.32. The largest absolute Gasteiger partial charge is 0.373 e. The van der Waals surface area contributed by atoms with Crippen LogP contribution in [0.1, 0.15) is 19.8 Å². The van der Waals surface area contributed by atoms with Crippen molar-refractivity contribution in [1.29, 1.82) is 0 Å². The maximum Gasteiger partial charge on any atom is 0.232 e. The van der Waals surface area contributed by atoms with E-state index in [0.29, 0.717) is 11.8 Å². The lowest BCUT2D eigenvalue weighted by Gasteiger charge is -2.36. The molecule has 3 fully saturated rings. The Morgan fingerprint density at radius 3 is 2.95 bits per heavy atom. The zero-order valence-electron chi connectivity index (χ0n) is 11.7. The third kappa shape index (κ3) is 3.26. The lowest BCUT2D eigenvalue weighted by atomic mass is 10.1. The maximum absolute atomic E-state index is 12.1. The predicted octanol–water partition coefficient (Wildman–Crippen LogP) is 1.06. The van der Waals surface area contributed by atoms with Crippen LogP contribution in [-0.4, -0.2) is 72.1 Å². The number of carbonyl (C=O) groups excluding carboxylic acids is 1. The molecule has 3 aliphatic rings. The van der Waals surface area contributed by atoms with Gasteiger partial charge in [0, 0.05) is 26.2 Å². The summed E-state index contributed by atoms with van der Waals surface area (Å²) in [6.07, 6.45) is 3.04. The first-order valence-electron chi connectivity index (χ1n) is 7.49. The van der Waals surface area contributed by atoms with Crippen molar-refractivity contribution in [2.75, 3.05) is 44.3 Å². The van der Waals surface area contributed by atoms with Gasteiger partial charge in [-0.3, -0.25) is 9.69 Å². The molecule has 1 amide bonds. The Hall–Kier alpha value is -0.260. The number of fused-ring (bicyclic) bond motifs is 1. The van der Waals surface area contributed by atoms with Crippen molar-refractivity contribution in [3.8, 4) is 0 Å². The zero-order chi connectivity index (χ0) is 13.2. The molecular formula is C14H24N2O2S. The van der Waals surface area contributed by atoms with E-state index >= 15 is 0 Å². The molecule has 1 saturated carbocycles. The van der Waals surface area contributed by atoms with E-state index in [4.69, 9.17) is 4.74 Å². The summed E-state index contributed by atoms with van der Waals surface area (Å²) in [5.41, 5.74) is 0. The fourth-order valence-corrected chi connectivity index (χ4v) is 3.66. The minimum atomic E-state index is 0.253. The number of hydrogen-bond donors (Lipinski definition) is 0. The summed E-state index contributed by atoms with van der Waals surface area (Å²) in [7, 11) is 0. The topological polar surface area (TPSA) is 32.8 Å². The number of rotatable bonds is 5. The molecule has 2 atom stereocenters. The van der Waals surface area contributed by atoms with Gasteiger partial charge in [-0.25, -0.2) is 0 Å². The quantitative estimate of drug-likeness (QED) is 0.756. The maximum atomic E-state index is 12.1. The fraction of sp³-hybridized carbons (Fsp3) is 0.929. The summed E-state index contributed by atoms with van der Waals surface area (Å²) in [4.78, 5) is 16.7. The van der Waals surface area contributed by atoms with E-state index < -0.39 is 0 Å². The van der Waals surface area contributed by atoms with Gasteiger partial charge in [-0.1, -0.05) is 6.92 Å². The average molecular weight is 284 g/mol. The molecule has 2 aliphatic heterocycles. The second-order valence-corrected chi connectivity index (χ2v) is 7.13. The molecule has 19 heavy (non-hydrogen) atoms. The van der Waals surface area contributed by atoms with Crippen molar-refractivity contribution in [2.24, 2.45) is 5.92 Å². The molecule has 4 nitrogen and oxygen atoms in total. The zero-order valence-corrected chi connectivity index (χ0v) is 12.5. The normalized spacial score (nSPS) is 31.5. The van der Waals surface area contributed by atoms with Crippen molar-refractivity contribution in [2.45, 2.75) is 31.9 Å². The van der Waals surface area contributed by atoms with E-state index in [-0.39, 0.29) is 12.0 Å². The van der Waals surface area contributed by atoms with Crippen LogP contribution in [-0.2, 0) is 9.53 Å². The van der Waals surface area contributed by atoms with E-state index in [1.165, 1.54) is 19.4 Å². The van der Waals surface area contributed by atoms with Crippen LogP contribution in [0.15, 0.2) is 0 Å². The Labute approximate surface area is 119 Å². The molecular weight excluding hydrogens is 260 g/mol. The van der Waals surface area contributed by atoms with Crippen LogP contribution in [0.5, 0.6) is 0 Å². The van der Waals surface area contributed by atoms with Gasteiger partial charge in [0.15, 0.2) is 0 Å². The molecule has 0 radical (unpaired) electrons. The highest BCUT2D eigenvalue weighted by Gasteiger charge is 2.42. The Kier molecular flexibility index (Phi) is 4.34. The van der Waals surface area contributed by atoms with Crippen LogP contribution in [0, 0.1) is 5.92 Å². The SMILES string of the molecule is CCSCC(=O)N1C[C@@H]2OCCN(CC3CC3)[C@H]2C1. The van der Waals surface area contributed by atoms with Crippen LogP contribution < -0.4 is 0 Å². The molecule has 108 valence electrons. The number of ether oxygens (including phenoxy) is 1. The van der Waals surface area contributed by atoms with Crippen LogP contribution in [0.4, 0.5) is 0 Å². The number of nitrogens with zero attached hydrogens (tertiary/aromatic N) is 2. The molecule has 0 spiro atoms. The smallest absolute Gasteiger partial charge is 0.232 e. The molecule has 0 aromatic heterocycles. The van der Waals surface area contributed by atoms with Crippen LogP contribution in [0.2, 0.25) is 0 Å². The number of likely N-dealkylation sites (tertiary alicyclic amines) is 1. The van der Waals surface area contributed by atoms with Gasteiger partial charge in [0.1, 0.15) is 0 Å². The molecule has 1 aliphatic carbocycles. The number of morpholine rings is 1. The predicted molar refractivity (Wildman–Crippen MR) is 77.4 cm³/mol. The number of amides is 1. The fourth-order valence-electron chi connectivity index (χ4n) is 3.10. The van der Waals surface area contributed by atoms with Gasteiger partial charge in [0.05, 0.1) is 24.5 Å². The van der Waals surface area contributed by atoms with E-state index in [1.807, 2.05) is 4.90 Å². The average Bonchev–Trinajstić information content (AvgIpc) is 3.11. The summed E-state index contributed by atoms with van der Waals surface area (Å²) in [5, 5.41) is 0. The lowest BCUT2D eigenvalue weighted by molar-refractivity contribution is -0.127. The highest BCUT2D eigenvalue weighted by molar-refractivity contribution is 7.99. The van der Waals surface area contributed by atoms with Gasteiger partial charge in [-0.2, -0.15) is 11.8 Å². The minimum absolute atomic E-state index is 0.253. The van der Waals surface area contributed by atoms with Crippen LogP contribution in [0.25, 0.3) is 0 Å². The Bertz CT molecular complexity index is 335. The lowest BCUT2D eigenvalue weighted by Crippen LogP contribution is -2.51. The second-order valence-electron chi connectivity index (χ2n) is 5.85. The molecule has 0 bridgehead atoms. The first kappa shape index (κ1) is 13.7. The third-order valence-corrected chi connectivity index (χ3v) is 5.25. The second kappa shape index (κ2) is 6.02. The molecule has 0 aromatic rings. The Balaban J connectivity index is 1.56. The van der Waals surface area contributed by atoms with Crippen molar-refractivity contribution < 1.29 is 9.53 Å². The molecule has 5 heteroatoms. The van der Waals surface area contributed by atoms with E-state index in [0.717, 1.165) is 37.9 Å². The van der Waals surface area contributed by atoms with Gasteiger partial charge in [-0.15, -0.1) is 0 Å². The summed E-state index contributed by atoms with van der Waals surface area (Å²) >= 11 is 1.71. The van der Waals surface area contributed by atoms with Crippen LogP contribution in [0.3, 0.4) is 0 Å². The van der Waals surface area contributed by atoms with Gasteiger partial charge in [-0.05, 0) is 24.5 Å². The van der Waals surface area contributed by atoms with E-state index in [2.05, 4.69) is 11.8 Å². The van der Waals surface area contributed by atoms with Crippen molar-refractivity contribution in [3.05, 3.63) is 0 Å². The number of thioether (sulfide) groups is 1. The highest BCUT2D eigenvalue weighted by atomic mass is 32.2. The third-order valence-electron chi connectivity index (χ3n) is 4.39. The Morgan fingerprint density at radius 2 is 2.21 bits per heavy atom. The van der Waals surface area contributed by atoms with Gasteiger partial charge in [0.25, 0.3) is 0 Å². The molecule has 3 rings (SSSR count). The molecule has 0 N–H and O–H groups in total. The number of carbonyl (C=O) groups is 1. The molecule has 0 aromatic carbocycles. The van der Waals surface area contributed by atoms with Crippen molar-refractivity contribution >= 4 is 17.7 Å². The first-order chi connectivity index (χ1) is 9.28. The summed E-state index contributed by atoms with van der Waals surface area (Å²) in [6.45, 7) is 6.87. The van der Waals surface area contributed by atoms with Crippen molar-refractivity contribution in [3.63, 3.8) is 0 Å². The Morgan fingerprint density at radius 1 is 1.37 bits per heavy atom. The van der Waals surface area contributed by atoms with Gasteiger partial charge < -0.3 is 9.64 Å². The monoisotopic (exact) mass is 284 g/mol. The summed E-state index contributed by atoms with van der Waals surface area (Å²) in [6, 6.07) is 0.449. The van der Waals surface area contributed by atoms with E-state index in [1.54, 1.807) is 11.8 Å². The standard InChI is InChI=1S/C14H24N2O2S/c1-2-19-10-14(17)16-8-12-13(9-16)18-6-5-15(12)7-11-3-4-11/h11-13H,2-10H2,1H3/t12-,13-/m0/s1. The van der Waals surface area contributed by atoms with Gasteiger partial charge in [0.2, 0.25) is 5.91 Å².